The second-order valence-electron chi connectivity index (χ2n) is 4.72. The molecule has 1 fully saturated rings. The molecule has 0 atom stereocenters. The van der Waals surface area contributed by atoms with Crippen LogP contribution in [0.25, 0.3) is 0 Å². The first-order chi connectivity index (χ1) is 9.20. The number of nitrogens with zero attached hydrogens (tertiary/aromatic N) is 3. The van der Waals surface area contributed by atoms with Crippen molar-refractivity contribution in [2.24, 2.45) is 7.05 Å². The number of rotatable bonds is 5. The first-order valence-corrected chi connectivity index (χ1v) is 6.78. The molecule has 1 amide bonds. The van der Waals surface area contributed by atoms with Crippen molar-refractivity contribution >= 4 is 5.91 Å². The highest BCUT2D eigenvalue weighted by atomic mass is 16.5. The Morgan fingerprint density at radius 2 is 2.21 bits per heavy atom. The molecular weight excluding hydrogens is 244 g/mol. The van der Waals surface area contributed by atoms with Crippen LogP contribution in [0.1, 0.15) is 18.2 Å². The number of hydrogen-bond donors (Lipinski definition) is 1. The molecule has 0 aliphatic carbocycles. The van der Waals surface area contributed by atoms with E-state index in [1.165, 1.54) is 5.56 Å². The highest BCUT2D eigenvalue weighted by molar-refractivity contribution is 5.78. The maximum Gasteiger partial charge on any atom is 0.236 e. The Balaban J connectivity index is 1.77. The fraction of sp³-hybridized carbons (Fsp3) is 0.692. The van der Waals surface area contributed by atoms with E-state index in [1.54, 1.807) is 0 Å². The molecule has 1 aromatic rings. The predicted octanol–water partition coefficient (Wildman–Crippen LogP) is -0.0691. The summed E-state index contributed by atoms with van der Waals surface area (Å²) >= 11 is 0. The SMILES string of the molecule is CCc1nn(C)cc1CNCC(=O)N1CCOCC1. The van der Waals surface area contributed by atoms with E-state index in [9.17, 15) is 4.79 Å². The summed E-state index contributed by atoms with van der Waals surface area (Å²) in [5.74, 6) is 0.144. The minimum Gasteiger partial charge on any atom is -0.378 e. The number of morpholine rings is 1. The van der Waals surface area contributed by atoms with Gasteiger partial charge >= 0.3 is 0 Å². The first kappa shape index (κ1) is 14.0. The smallest absolute Gasteiger partial charge is 0.236 e. The standard InChI is InChI=1S/C13H22N4O2/c1-3-12-11(10-16(2)15-12)8-14-9-13(18)17-4-6-19-7-5-17/h10,14H,3-9H2,1-2H3. The molecule has 1 aliphatic heterocycles. The molecule has 0 unspecified atom stereocenters. The zero-order valence-corrected chi connectivity index (χ0v) is 11.7. The third-order valence-electron chi connectivity index (χ3n) is 3.28. The normalized spacial score (nSPS) is 15.8. The van der Waals surface area contributed by atoms with Crippen LogP contribution in [0.5, 0.6) is 0 Å². The lowest BCUT2D eigenvalue weighted by atomic mass is 10.2. The summed E-state index contributed by atoms with van der Waals surface area (Å²) in [5.41, 5.74) is 2.26. The van der Waals surface area contributed by atoms with Gasteiger partial charge in [0.2, 0.25) is 5.91 Å². The molecule has 2 heterocycles. The number of carbonyl (C=O) groups is 1. The molecule has 2 rings (SSSR count). The highest BCUT2D eigenvalue weighted by Gasteiger charge is 2.16. The van der Waals surface area contributed by atoms with E-state index in [-0.39, 0.29) is 5.91 Å². The van der Waals surface area contributed by atoms with E-state index in [1.807, 2.05) is 22.8 Å². The van der Waals surface area contributed by atoms with E-state index in [2.05, 4.69) is 17.3 Å². The minimum absolute atomic E-state index is 0.144. The number of aryl methyl sites for hydroxylation is 2. The molecule has 0 radical (unpaired) electrons. The van der Waals surface area contributed by atoms with Gasteiger partial charge in [0.25, 0.3) is 0 Å². The number of nitrogens with one attached hydrogen (secondary N) is 1. The van der Waals surface area contributed by atoms with Crippen molar-refractivity contribution in [1.29, 1.82) is 0 Å². The number of hydrogen-bond acceptors (Lipinski definition) is 4. The van der Waals surface area contributed by atoms with E-state index in [0.717, 1.165) is 12.1 Å². The van der Waals surface area contributed by atoms with E-state index >= 15 is 0 Å². The number of ether oxygens (including phenoxy) is 1. The molecule has 0 spiro atoms. The molecule has 1 N–H and O–H groups in total. The Labute approximate surface area is 113 Å². The molecular formula is C13H22N4O2. The van der Waals surface area contributed by atoms with Gasteiger partial charge in [-0.25, -0.2) is 0 Å². The average molecular weight is 266 g/mol. The molecule has 0 aromatic carbocycles. The van der Waals surface area contributed by atoms with Gasteiger partial charge in [0.05, 0.1) is 25.5 Å². The number of aromatic nitrogens is 2. The summed E-state index contributed by atoms with van der Waals surface area (Å²) in [4.78, 5) is 13.8. The van der Waals surface area contributed by atoms with Crippen LogP contribution >= 0.6 is 0 Å². The quantitative estimate of drug-likeness (QED) is 0.810. The van der Waals surface area contributed by atoms with Gasteiger partial charge in [0.15, 0.2) is 0 Å². The van der Waals surface area contributed by atoms with Crippen molar-refractivity contribution in [3.63, 3.8) is 0 Å². The average Bonchev–Trinajstić information content (AvgIpc) is 2.80. The van der Waals surface area contributed by atoms with Gasteiger partial charge < -0.3 is 15.0 Å². The van der Waals surface area contributed by atoms with E-state index in [4.69, 9.17) is 4.74 Å². The Morgan fingerprint density at radius 3 is 2.89 bits per heavy atom. The van der Waals surface area contributed by atoms with Crippen LogP contribution in [0.4, 0.5) is 0 Å². The fourth-order valence-corrected chi connectivity index (χ4v) is 2.26. The van der Waals surface area contributed by atoms with Gasteiger partial charge in [-0.1, -0.05) is 6.92 Å². The van der Waals surface area contributed by atoms with Crippen LogP contribution in [0.15, 0.2) is 6.20 Å². The van der Waals surface area contributed by atoms with E-state index in [0.29, 0.717) is 39.4 Å². The van der Waals surface area contributed by atoms with Crippen LogP contribution in [0.2, 0.25) is 0 Å². The first-order valence-electron chi connectivity index (χ1n) is 6.78. The summed E-state index contributed by atoms with van der Waals surface area (Å²) in [6, 6.07) is 0. The van der Waals surface area contributed by atoms with Gasteiger partial charge in [0, 0.05) is 38.4 Å². The molecule has 1 aromatic heterocycles. The zero-order chi connectivity index (χ0) is 13.7. The van der Waals surface area contributed by atoms with Gasteiger partial charge in [-0.05, 0) is 6.42 Å². The maximum atomic E-state index is 11.9. The molecule has 6 heteroatoms. The zero-order valence-electron chi connectivity index (χ0n) is 11.7. The van der Waals surface area contributed by atoms with E-state index < -0.39 is 0 Å². The van der Waals surface area contributed by atoms with Crippen molar-refractivity contribution in [2.75, 3.05) is 32.8 Å². The molecule has 6 nitrogen and oxygen atoms in total. The summed E-state index contributed by atoms with van der Waals surface area (Å²) in [5, 5.41) is 7.58. The van der Waals surface area contributed by atoms with Crippen molar-refractivity contribution in [3.05, 3.63) is 17.5 Å². The highest BCUT2D eigenvalue weighted by Crippen LogP contribution is 2.06. The van der Waals surface area contributed by atoms with Crippen molar-refractivity contribution in [2.45, 2.75) is 19.9 Å². The maximum absolute atomic E-state index is 11.9. The number of carbonyl (C=O) groups excluding carboxylic acids is 1. The van der Waals surface area contributed by atoms with Gasteiger partial charge in [-0.2, -0.15) is 5.10 Å². The lowest BCUT2D eigenvalue weighted by molar-refractivity contribution is -0.134. The van der Waals surface area contributed by atoms with Gasteiger partial charge in [0.1, 0.15) is 0 Å². The monoisotopic (exact) mass is 266 g/mol. The molecule has 0 bridgehead atoms. The third-order valence-corrected chi connectivity index (χ3v) is 3.28. The lowest BCUT2D eigenvalue weighted by Gasteiger charge is -2.26. The Morgan fingerprint density at radius 1 is 1.47 bits per heavy atom. The van der Waals surface area contributed by atoms with Crippen LogP contribution in [-0.2, 0) is 29.5 Å². The van der Waals surface area contributed by atoms with Crippen molar-refractivity contribution in [1.82, 2.24) is 20.0 Å². The van der Waals surface area contributed by atoms with Crippen LogP contribution < -0.4 is 5.32 Å². The molecule has 1 saturated heterocycles. The Kier molecular flexibility index (Phi) is 4.93. The second-order valence-corrected chi connectivity index (χ2v) is 4.72. The second kappa shape index (κ2) is 6.68. The van der Waals surface area contributed by atoms with Gasteiger partial charge in [-0.15, -0.1) is 0 Å². The molecule has 106 valence electrons. The molecule has 19 heavy (non-hydrogen) atoms. The summed E-state index contributed by atoms with van der Waals surface area (Å²) in [6.07, 6.45) is 2.92. The minimum atomic E-state index is 0.144. The van der Waals surface area contributed by atoms with Crippen LogP contribution in [0, 0.1) is 0 Å². The predicted molar refractivity (Wildman–Crippen MR) is 71.7 cm³/mol. The lowest BCUT2D eigenvalue weighted by Crippen LogP contribution is -2.44. The van der Waals surface area contributed by atoms with Crippen LogP contribution in [0.3, 0.4) is 0 Å². The van der Waals surface area contributed by atoms with Crippen molar-refractivity contribution in [3.8, 4) is 0 Å². The topological polar surface area (TPSA) is 59.4 Å². The summed E-state index contributed by atoms with van der Waals surface area (Å²) < 4.78 is 7.05. The molecule has 1 aliphatic rings. The van der Waals surface area contributed by atoms with Crippen molar-refractivity contribution < 1.29 is 9.53 Å². The van der Waals surface area contributed by atoms with Crippen LogP contribution in [-0.4, -0.2) is 53.4 Å². The summed E-state index contributed by atoms with van der Waals surface area (Å²) in [7, 11) is 1.92. The largest absolute Gasteiger partial charge is 0.378 e. The van der Waals surface area contributed by atoms with Gasteiger partial charge in [-0.3, -0.25) is 9.48 Å². The fourth-order valence-electron chi connectivity index (χ4n) is 2.26. The Bertz CT molecular complexity index is 424. The Hall–Kier alpha value is -1.40. The summed E-state index contributed by atoms with van der Waals surface area (Å²) in [6.45, 7) is 5.85. The number of amides is 1. The molecule has 0 saturated carbocycles. The third kappa shape index (κ3) is 3.78.